The van der Waals surface area contributed by atoms with Crippen molar-refractivity contribution in [2.75, 3.05) is 7.11 Å². The maximum absolute atomic E-state index is 10.7. The third-order valence-corrected chi connectivity index (χ3v) is 2.05. The summed E-state index contributed by atoms with van der Waals surface area (Å²) >= 11 is 0. The zero-order valence-corrected chi connectivity index (χ0v) is 8.43. The van der Waals surface area contributed by atoms with Crippen LogP contribution < -0.4 is 16.2 Å². The van der Waals surface area contributed by atoms with Crippen molar-refractivity contribution in [3.63, 3.8) is 0 Å². The Kier molecular flexibility index (Phi) is 3.51. The van der Waals surface area contributed by atoms with Crippen molar-refractivity contribution in [3.05, 3.63) is 23.8 Å². The van der Waals surface area contributed by atoms with E-state index in [1.54, 1.807) is 12.1 Å². The molecule has 5 heteroatoms. The quantitative estimate of drug-likeness (QED) is 0.664. The SMILES string of the molecule is COc1cccc(O)c1C(N)CC(N)=O. The van der Waals surface area contributed by atoms with E-state index in [9.17, 15) is 9.90 Å². The summed E-state index contributed by atoms with van der Waals surface area (Å²) in [6.45, 7) is 0. The summed E-state index contributed by atoms with van der Waals surface area (Å²) in [5.41, 5.74) is 11.2. The molecule has 5 N–H and O–H groups in total. The number of primary amides is 1. The van der Waals surface area contributed by atoms with E-state index in [2.05, 4.69) is 0 Å². The summed E-state index contributed by atoms with van der Waals surface area (Å²) in [4.78, 5) is 10.7. The van der Waals surface area contributed by atoms with Crippen LogP contribution in [0.3, 0.4) is 0 Å². The highest BCUT2D eigenvalue weighted by Crippen LogP contribution is 2.33. The van der Waals surface area contributed by atoms with Gasteiger partial charge in [0.25, 0.3) is 0 Å². The van der Waals surface area contributed by atoms with E-state index in [0.717, 1.165) is 0 Å². The molecule has 0 aromatic heterocycles. The van der Waals surface area contributed by atoms with Gasteiger partial charge < -0.3 is 21.3 Å². The predicted octanol–water partition coefficient (Wildman–Crippen LogP) is 0.276. The third-order valence-electron chi connectivity index (χ3n) is 2.05. The first-order chi connectivity index (χ1) is 7.06. The van der Waals surface area contributed by atoms with Crippen LogP contribution in [0.2, 0.25) is 0 Å². The van der Waals surface area contributed by atoms with Crippen molar-refractivity contribution in [2.24, 2.45) is 11.5 Å². The zero-order valence-electron chi connectivity index (χ0n) is 8.43. The average Bonchev–Trinajstić information content (AvgIpc) is 2.15. The molecular formula is C10H14N2O3. The number of amides is 1. The Morgan fingerprint density at radius 2 is 2.27 bits per heavy atom. The van der Waals surface area contributed by atoms with Crippen LogP contribution in [0.4, 0.5) is 0 Å². The number of benzene rings is 1. The molecule has 0 saturated heterocycles. The molecule has 1 rings (SSSR count). The summed E-state index contributed by atoms with van der Waals surface area (Å²) in [5.74, 6) is -0.0698. The maximum atomic E-state index is 10.7. The molecule has 0 aliphatic rings. The topological polar surface area (TPSA) is 98.6 Å². The highest BCUT2D eigenvalue weighted by atomic mass is 16.5. The number of methoxy groups -OCH3 is 1. The Hall–Kier alpha value is -1.75. The fourth-order valence-electron chi connectivity index (χ4n) is 1.40. The summed E-state index contributed by atoms with van der Waals surface area (Å²) in [6, 6.07) is 4.13. The molecule has 5 nitrogen and oxygen atoms in total. The van der Waals surface area contributed by atoms with Gasteiger partial charge in [-0.25, -0.2) is 0 Å². The molecule has 0 saturated carbocycles. The molecule has 0 aliphatic heterocycles. The van der Waals surface area contributed by atoms with Gasteiger partial charge in [-0.15, -0.1) is 0 Å². The lowest BCUT2D eigenvalue weighted by molar-refractivity contribution is -0.118. The van der Waals surface area contributed by atoms with E-state index in [4.69, 9.17) is 16.2 Å². The highest BCUT2D eigenvalue weighted by molar-refractivity contribution is 5.75. The van der Waals surface area contributed by atoms with Crippen LogP contribution in [0.15, 0.2) is 18.2 Å². The van der Waals surface area contributed by atoms with Gasteiger partial charge in [0.15, 0.2) is 0 Å². The molecule has 1 amide bonds. The molecule has 0 heterocycles. The van der Waals surface area contributed by atoms with Crippen molar-refractivity contribution < 1.29 is 14.6 Å². The van der Waals surface area contributed by atoms with E-state index < -0.39 is 11.9 Å². The van der Waals surface area contributed by atoms with Crippen molar-refractivity contribution in [1.29, 1.82) is 0 Å². The minimum absolute atomic E-state index is 0.00287. The van der Waals surface area contributed by atoms with Gasteiger partial charge in [0.05, 0.1) is 12.7 Å². The van der Waals surface area contributed by atoms with E-state index in [1.165, 1.54) is 13.2 Å². The fraction of sp³-hybridized carbons (Fsp3) is 0.300. The Bertz CT molecular complexity index is 366. The van der Waals surface area contributed by atoms with E-state index in [1.807, 2.05) is 0 Å². The van der Waals surface area contributed by atoms with E-state index >= 15 is 0 Å². The van der Waals surface area contributed by atoms with Crippen LogP contribution in [0, 0.1) is 0 Å². The number of hydrogen-bond acceptors (Lipinski definition) is 4. The zero-order chi connectivity index (χ0) is 11.4. The Morgan fingerprint density at radius 1 is 1.60 bits per heavy atom. The smallest absolute Gasteiger partial charge is 0.219 e. The highest BCUT2D eigenvalue weighted by Gasteiger charge is 2.17. The molecule has 0 radical (unpaired) electrons. The standard InChI is InChI=1S/C10H14N2O3/c1-15-8-4-2-3-7(13)10(8)6(11)5-9(12)14/h2-4,6,13H,5,11H2,1H3,(H2,12,14). The normalized spacial score (nSPS) is 12.1. The van der Waals surface area contributed by atoms with Gasteiger partial charge in [-0.2, -0.15) is 0 Å². The molecule has 1 atom stereocenters. The third kappa shape index (κ3) is 2.60. The molecule has 1 unspecified atom stereocenters. The lowest BCUT2D eigenvalue weighted by Crippen LogP contribution is -2.21. The van der Waals surface area contributed by atoms with Crippen molar-refractivity contribution in [1.82, 2.24) is 0 Å². The molecule has 1 aromatic carbocycles. The van der Waals surface area contributed by atoms with Gasteiger partial charge in [0, 0.05) is 12.5 Å². The minimum atomic E-state index is -0.654. The van der Waals surface area contributed by atoms with E-state index in [0.29, 0.717) is 11.3 Å². The summed E-state index contributed by atoms with van der Waals surface area (Å²) in [7, 11) is 1.47. The van der Waals surface area contributed by atoms with Crippen LogP contribution in [0.25, 0.3) is 0 Å². The number of rotatable bonds is 4. The first kappa shape index (κ1) is 11.3. The molecule has 1 aromatic rings. The Morgan fingerprint density at radius 3 is 2.80 bits per heavy atom. The lowest BCUT2D eigenvalue weighted by Gasteiger charge is -2.15. The Balaban J connectivity index is 3.05. The van der Waals surface area contributed by atoms with Crippen molar-refractivity contribution in [3.8, 4) is 11.5 Å². The van der Waals surface area contributed by atoms with Crippen LogP contribution in [0.5, 0.6) is 11.5 Å². The van der Waals surface area contributed by atoms with Gasteiger partial charge in [-0.05, 0) is 12.1 Å². The second kappa shape index (κ2) is 4.65. The number of carbonyl (C=O) groups is 1. The molecule has 15 heavy (non-hydrogen) atoms. The summed E-state index contributed by atoms with van der Waals surface area (Å²) in [6.07, 6.45) is -0.0338. The van der Waals surface area contributed by atoms with Crippen LogP contribution in [-0.2, 0) is 4.79 Å². The summed E-state index contributed by atoms with van der Waals surface area (Å²) in [5, 5.41) is 9.59. The predicted molar refractivity (Wildman–Crippen MR) is 55.4 cm³/mol. The monoisotopic (exact) mass is 210 g/mol. The van der Waals surface area contributed by atoms with E-state index in [-0.39, 0.29) is 12.2 Å². The van der Waals surface area contributed by atoms with Gasteiger partial charge in [0.1, 0.15) is 11.5 Å². The van der Waals surface area contributed by atoms with Gasteiger partial charge in [0.2, 0.25) is 5.91 Å². The first-order valence-corrected chi connectivity index (χ1v) is 4.46. The largest absolute Gasteiger partial charge is 0.507 e. The lowest BCUT2D eigenvalue weighted by atomic mass is 10.0. The number of hydrogen-bond donors (Lipinski definition) is 3. The van der Waals surface area contributed by atoms with Crippen molar-refractivity contribution in [2.45, 2.75) is 12.5 Å². The molecular weight excluding hydrogens is 196 g/mol. The van der Waals surface area contributed by atoms with Crippen LogP contribution in [0.1, 0.15) is 18.0 Å². The number of phenolic OH excluding ortho intramolecular Hbond substituents is 1. The molecule has 0 fully saturated rings. The number of nitrogens with two attached hydrogens (primary N) is 2. The minimum Gasteiger partial charge on any atom is -0.507 e. The molecule has 82 valence electrons. The fourth-order valence-corrected chi connectivity index (χ4v) is 1.40. The second-order valence-corrected chi connectivity index (χ2v) is 3.17. The van der Waals surface area contributed by atoms with Crippen molar-refractivity contribution >= 4 is 5.91 Å². The average molecular weight is 210 g/mol. The molecule has 0 spiro atoms. The molecule has 0 aliphatic carbocycles. The maximum Gasteiger partial charge on any atom is 0.219 e. The number of aromatic hydroxyl groups is 1. The number of carbonyl (C=O) groups excluding carboxylic acids is 1. The second-order valence-electron chi connectivity index (χ2n) is 3.17. The van der Waals surface area contributed by atoms with Crippen LogP contribution in [-0.4, -0.2) is 18.1 Å². The van der Waals surface area contributed by atoms with Gasteiger partial charge in [-0.1, -0.05) is 6.07 Å². The molecule has 0 bridgehead atoms. The van der Waals surface area contributed by atoms with Crippen LogP contribution >= 0.6 is 0 Å². The summed E-state index contributed by atoms with van der Waals surface area (Å²) < 4.78 is 5.04. The number of phenols is 1. The first-order valence-electron chi connectivity index (χ1n) is 4.46. The van der Waals surface area contributed by atoms with Gasteiger partial charge >= 0.3 is 0 Å². The number of ether oxygens (including phenoxy) is 1. The Labute approximate surface area is 87.6 Å². The van der Waals surface area contributed by atoms with Gasteiger partial charge in [-0.3, -0.25) is 4.79 Å².